The highest BCUT2D eigenvalue weighted by molar-refractivity contribution is 6.16. The smallest absolute Gasteiger partial charge is 0.308 e. The van der Waals surface area contributed by atoms with Crippen molar-refractivity contribution in [3.8, 4) is 0 Å². The van der Waals surface area contributed by atoms with E-state index in [0.717, 1.165) is 0 Å². The summed E-state index contributed by atoms with van der Waals surface area (Å²) >= 11 is 0. The van der Waals surface area contributed by atoms with Crippen LogP contribution in [0.1, 0.15) is 80.9 Å². The first-order valence-corrected chi connectivity index (χ1v) is 11.9. The lowest BCUT2D eigenvalue weighted by atomic mass is 9.96. The van der Waals surface area contributed by atoms with Crippen LogP contribution in [0.4, 0.5) is 0 Å². The van der Waals surface area contributed by atoms with Gasteiger partial charge >= 0.3 is 5.97 Å². The van der Waals surface area contributed by atoms with Crippen molar-refractivity contribution in [3.05, 3.63) is 59.7 Å². The van der Waals surface area contributed by atoms with Gasteiger partial charge in [-0.3, -0.25) is 9.59 Å². The Morgan fingerprint density at radius 3 is 1.89 bits per heavy atom. The van der Waals surface area contributed by atoms with Crippen LogP contribution in [-0.4, -0.2) is 36.1 Å². The first kappa shape index (κ1) is 37.0. The van der Waals surface area contributed by atoms with Gasteiger partial charge in [0.05, 0.1) is 18.0 Å². The molecule has 5 heteroatoms. The van der Waals surface area contributed by atoms with Gasteiger partial charge in [0.15, 0.2) is 0 Å². The largest absolute Gasteiger partial charge is 0.462 e. The van der Waals surface area contributed by atoms with E-state index in [1.54, 1.807) is 14.0 Å². The standard InChI is InChI=1S/C18H15N.C11H20O4.4CH4/c1-11-13-7-3-4-8-14(13)12(2)18-17(11)15-9-5-6-10-16(15)19-18;1-5-10(6-8(2)12)15-11(13)7-9(3)14-4;;;;/h3-10,19H,1-2H3;9-10H,5-7H2,1-4H3;4*1H4. The molecule has 5 nitrogen and oxygen atoms in total. The number of hydrogen-bond acceptors (Lipinski definition) is 4. The fourth-order valence-electron chi connectivity index (χ4n) is 4.36. The normalized spacial score (nSPS) is 11.5. The van der Waals surface area contributed by atoms with Crippen LogP contribution in [0.5, 0.6) is 0 Å². The first-order valence-electron chi connectivity index (χ1n) is 11.9. The molecule has 0 spiro atoms. The zero-order valence-corrected chi connectivity index (χ0v) is 21.0. The Bertz CT molecular complexity index is 1300. The zero-order valence-electron chi connectivity index (χ0n) is 21.0. The molecule has 0 aliphatic carbocycles. The summed E-state index contributed by atoms with van der Waals surface area (Å²) in [6.07, 6.45) is 0.743. The minimum Gasteiger partial charge on any atom is -0.462 e. The number of para-hydroxylation sites is 1. The van der Waals surface area contributed by atoms with E-state index in [4.69, 9.17) is 9.47 Å². The average Bonchev–Trinajstić information content (AvgIpc) is 3.22. The van der Waals surface area contributed by atoms with E-state index in [0.29, 0.717) is 12.8 Å². The highest BCUT2D eigenvalue weighted by atomic mass is 16.5. The highest BCUT2D eigenvalue weighted by Gasteiger charge is 2.16. The maximum absolute atomic E-state index is 11.3. The molecular formula is C33H51NO4. The maximum atomic E-state index is 11.3. The molecule has 0 saturated heterocycles. The Balaban J connectivity index is 0. The maximum Gasteiger partial charge on any atom is 0.308 e. The van der Waals surface area contributed by atoms with Crippen molar-refractivity contribution >= 4 is 44.3 Å². The number of carbonyl (C=O) groups is 2. The summed E-state index contributed by atoms with van der Waals surface area (Å²) in [4.78, 5) is 25.8. The second-order valence-corrected chi connectivity index (χ2v) is 8.89. The molecule has 2 unspecified atom stereocenters. The molecule has 38 heavy (non-hydrogen) atoms. The molecule has 0 radical (unpaired) electrons. The fourth-order valence-corrected chi connectivity index (χ4v) is 4.36. The van der Waals surface area contributed by atoms with Crippen molar-refractivity contribution in [1.29, 1.82) is 0 Å². The zero-order chi connectivity index (χ0) is 24.8. The van der Waals surface area contributed by atoms with E-state index in [9.17, 15) is 9.59 Å². The molecule has 4 rings (SSSR count). The summed E-state index contributed by atoms with van der Waals surface area (Å²) < 4.78 is 10.1. The highest BCUT2D eigenvalue weighted by Crippen LogP contribution is 2.36. The minimum absolute atomic E-state index is 0. The van der Waals surface area contributed by atoms with Crippen molar-refractivity contribution in [1.82, 2.24) is 4.98 Å². The van der Waals surface area contributed by atoms with Gasteiger partial charge in [-0.15, -0.1) is 0 Å². The molecular weight excluding hydrogens is 474 g/mol. The molecule has 0 fully saturated rings. The van der Waals surface area contributed by atoms with E-state index < -0.39 is 0 Å². The number of Topliss-reactive ketones (excluding diaryl/α,β-unsaturated/α-hetero) is 1. The average molecular weight is 526 g/mol. The lowest BCUT2D eigenvalue weighted by Gasteiger charge is -2.16. The number of benzene rings is 3. The molecule has 3 aromatic carbocycles. The van der Waals surface area contributed by atoms with Crippen molar-refractivity contribution in [2.45, 2.75) is 95.8 Å². The van der Waals surface area contributed by atoms with E-state index in [2.05, 4.69) is 67.4 Å². The molecule has 2 atom stereocenters. The molecule has 1 heterocycles. The van der Waals surface area contributed by atoms with Crippen LogP contribution < -0.4 is 0 Å². The number of H-pyrrole nitrogens is 1. The summed E-state index contributed by atoms with van der Waals surface area (Å²) in [5.41, 5.74) is 5.21. The van der Waals surface area contributed by atoms with Crippen molar-refractivity contribution < 1.29 is 19.1 Å². The number of ether oxygens (including phenoxy) is 2. The predicted octanol–water partition coefficient (Wildman–Crippen LogP) is 9.35. The Morgan fingerprint density at radius 1 is 0.842 bits per heavy atom. The first-order chi connectivity index (χ1) is 16.3. The third kappa shape index (κ3) is 8.42. The number of fused-ring (bicyclic) bond motifs is 4. The number of carbonyl (C=O) groups excluding carboxylic acids is 2. The molecule has 1 N–H and O–H groups in total. The molecule has 0 saturated carbocycles. The molecule has 0 amide bonds. The molecule has 212 valence electrons. The van der Waals surface area contributed by atoms with Crippen LogP contribution in [-0.2, 0) is 19.1 Å². The second-order valence-electron chi connectivity index (χ2n) is 8.89. The Hall–Kier alpha value is -3.18. The topological polar surface area (TPSA) is 68.4 Å². The van der Waals surface area contributed by atoms with Gasteiger partial charge in [0.2, 0.25) is 0 Å². The number of aromatic nitrogens is 1. The lowest BCUT2D eigenvalue weighted by molar-refractivity contribution is -0.152. The van der Waals surface area contributed by atoms with Gasteiger partial charge in [-0.25, -0.2) is 0 Å². The Labute approximate surface area is 230 Å². The molecule has 0 aliphatic rings. The van der Waals surface area contributed by atoms with Gasteiger partial charge in [0.25, 0.3) is 0 Å². The van der Waals surface area contributed by atoms with E-state index in [1.165, 1.54) is 50.6 Å². The van der Waals surface area contributed by atoms with Crippen LogP contribution in [0, 0.1) is 13.8 Å². The lowest BCUT2D eigenvalue weighted by Crippen LogP contribution is -2.23. The summed E-state index contributed by atoms with van der Waals surface area (Å²) in [7, 11) is 1.55. The summed E-state index contributed by atoms with van der Waals surface area (Å²) in [5.74, 6) is -0.271. The van der Waals surface area contributed by atoms with E-state index >= 15 is 0 Å². The summed E-state index contributed by atoms with van der Waals surface area (Å²) in [6, 6.07) is 17.2. The number of hydrogen-bond donors (Lipinski definition) is 1. The molecule has 1 aromatic heterocycles. The van der Waals surface area contributed by atoms with Gasteiger partial charge in [-0.05, 0) is 62.1 Å². The third-order valence-electron chi connectivity index (χ3n) is 6.32. The minimum atomic E-state index is -0.308. The molecule has 4 aromatic rings. The molecule has 0 aliphatic heterocycles. The Morgan fingerprint density at radius 2 is 1.37 bits per heavy atom. The van der Waals surface area contributed by atoms with Crippen LogP contribution in [0.15, 0.2) is 48.5 Å². The summed E-state index contributed by atoms with van der Waals surface area (Å²) in [5, 5.41) is 5.40. The third-order valence-corrected chi connectivity index (χ3v) is 6.32. The van der Waals surface area contributed by atoms with Crippen LogP contribution >= 0.6 is 0 Å². The van der Waals surface area contributed by atoms with Crippen LogP contribution in [0.25, 0.3) is 32.6 Å². The second kappa shape index (κ2) is 16.6. The number of nitrogens with one attached hydrogen (secondary N) is 1. The van der Waals surface area contributed by atoms with Crippen molar-refractivity contribution in [3.63, 3.8) is 0 Å². The number of ketones is 1. The van der Waals surface area contributed by atoms with Gasteiger partial charge in [-0.1, -0.05) is 79.1 Å². The SMILES string of the molecule is C.C.C.C.CCC(CC(C)=O)OC(=O)CC(C)OC.Cc1c2ccccc2c(C)c2c1[nH]c1ccccc12. The van der Waals surface area contributed by atoms with Gasteiger partial charge in [0.1, 0.15) is 11.9 Å². The van der Waals surface area contributed by atoms with Crippen LogP contribution in [0.2, 0.25) is 0 Å². The number of aromatic amines is 1. The number of methoxy groups -OCH3 is 1. The van der Waals surface area contributed by atoms with Gasteiger partial charge in [-0.2, -0.15) is 0 Å². The quantitative estimate of drug-likeness (QED) is 0.244. The summed E-state index contributed by atoms with van der Waals surface area (Å²) in [6.45, 7) is 9.62. The van der Waals surface area contributed by atoms with Crippen molar-refractivity contribution in [2.24, 2.45) is 0 Å². The number of rotatable bonds is 7. The van der Waals surface area contributed by atoms with E-state index in [-0.39, 0.29) is 60.1 Å². The van der Waals surface area contributed by atoms with E-state index in [1.807, 2.05) is 6.92 Å². The fraction of sp³-hybridized carbons (Fsp3) is 0.455. The van der Waals surface area contributed by atoms with Gasteiger partial charge < -0.3 is 14.5 Å². The predicted molar refractivity (Wildman–Crippen MR) is 166 cm³/mol. The monoisotopic (exact) mass is 525 g/mol. The number of esters is 1. The number of aryl methyl sites for hydroxylation is 2. The van der Waals surface area contributed by atoms with Gasteiger partial charge in [0, 0.05) is 29.8 Å². The van der Waals surface area contributed by atoms with Crippen molar-refractivity contribution in [2.75, 3.05) is 7.11 Å². The Kier molecular flexibility index (Phi) is 16.2. The molecule has 0 bridgehead atoms. The van der Waals surface area contributed by atoms with Crippen LogP contribution in [0.3, 0.4) is 0 Å².